The molecule has 0 spiro atoms. The predicted molar refractivity (Wildman–Crippen MR) is 96.9 cm³/mol. The number of hydrogen-bond donors (Lipinski definition) is 2. The molecule has 0 unspecified atom stereocenters. The predicted octanol–water partition coefficient (Wildman–Crippen LogP) is 2.60. The molecular weight excluding hydrogens is 368 g/mol. The fourth-order valence-corrected chi connectivity index (χ4v) is 2.62. The first-order valence-electron chi connectivity index (χ1n) is 8.14. The molecule has 2 aromatic carbocycles. The second kappa shape index (κ2) is 7.75. The van der Waals surface area contributed by atoms with E-state index in [-0.39, 0.29) is 29.0 Å². The first-order chi connectivity index (χ1) is 13.4. The molecule has 1 aromatic heterocycles. The van der Waals surface area contributed by atoms with Crippen molar-refractivity contribution in [1.29, 1.82) is 0 Å². The standard InChI is InChI=1S/C10H8O4.C10H6O4/c2*11-7-5-9(10(12)13)14-8-4-2-1-3-6(7)8/h1-4,9H,5H2,(H,12,13);1-5H,(H,12,13)/t9-;/m0./s1. The first-order valence-corrected chi connectivity index (χ1v) is 8.14. The van der Waals surface area contributed by atoms with E-state index in [9.17, 15) is 19.2 Å². The van der Waals surface area contributed by atoms with Gasteiger partial charge in [-0.1, -0.05) is 24.3 Å². The Bertz CT molecular complexity index is 1130. The molecule has 142 valence electrons. The van der Waals surface area contributed by atoms with Crippen LogP contribution in [0.5, 0.6) is 5.75 Å². The van der Waals surface area contributed by atoms with E-state index in [4.69, 9.17) is 19.4 Å². The van der Waals surface area contributed by atoms with Gasteiger partial charge in [-0.05, 0) is 24.3 Å². The molecule has 2 heterocycles. The summed E-state index contributed by atoms with van der Waals surface area (Å²) in [6, 6.07) is 14.2. The van der Waals surface area contributed by atoms with Crippen molar-refractivity contribution >= 4 is 28.7 Å². The quantitative estimate of drug-likeness (QED) is 0.691. The molecule has 2 N–H and O–H groups in total. The van der Waals surface area contributed by atoms with Gasteiger partial charge in [0.15, 0.2) is 11.2 Å². The summed E-state index contributed by atoms with van der Waals surface area (Å²) in [6.07, 6.45) is -1.14. The topological polar surface area (TPSA) is 131 Å². The minimum absolute atomic E-state index is 0.0909. The van der Waals surface area contributed by atoms with Crippen molar-refractivity contribution in [2.24, 2.45) is 0 Å². The van der Waals surface area contributed by atoms with Crippen LogP contribution in [0, 0.1) is 0 Å². The number of ether oxygens (including phenoxy) is 1. The number of carbonyl (C=O) groups is 3. The Morgan fingerprint density at radius 3 is 2.36 bits per heavy atom. The molecule has 0 bridgehead atoms. The molecule has 0 aliphatic carbocycles. The van der Waals surface area contributed by atoms with Gasteiger partial charge in [0.2, 0.25) is 11.9 Å². The Morgan fingerprint density at radius 1 is 0.964 bits per heavy atom. The van der Waals surface area contributed by atoms with E-state index < -0.39 is 18.0 Å². The highest BCUT2D eigenvalue weighted by atomic mass is 16.5. The van der Waals surface area contributed by atoms with Crippen LogP contribution in [0.3, 0.4) is 0 Å². The number of benzene rings is 2. The fraction of sp³-hybridized carbons (Fsp3) is 0.100. The van der Waals surface area contributed by atoms with E-state index in [0.717, 1.165) is 6.07 Å². The molecule has 4 rings (SSSR count). The summed E-state index contributed by atoms with van der Waals surface area (Å²) in [6.45, 7) is 0. The minimum Gasteiger partial charge on any atom is -0.478 e. The molecule has 0 saturated heterocycles. The van der Waals surface area contributed by atoms with Crippen LogP contribution in [-0.4, -0.2) is 34.0 Å². The number of carboxylic acid groups (broad SMARTS) is 2. The lowest BCUT2D eigenvalue weighted by Gasteiger charge is -2.21. The van der Waals surface area contributed by atoms with Crippen LogP contribution in [0.25, 0.3) is 11.0 Å². The summed E-state index contributed by atoms with van der Waals surface area (Å²) in [4.78, 5) is 44.0. The van der Waals surface area contributed by atoms with Gasteiger partial charge in [-0.15, -0.1) is 0 Å². The van der Waals surface area contributed by atoms with Crippen LogP contribution in [0.15, 0.2) is 63.8 Å². The summed E-state index contributed by atoms with van der Waals surface area (Å²) < 4.78 is 10.1. The number of aromatic carboxylic acids is 1. The zero-order chi connectivity index (χ0) is 20.3. The van der Waals surface area contributed by atoms with Gasteiger partial charge in [-0.2, -0.15) is 0 Å². The molecule has 1 aliphatic heterocycles. The number of hydrogen-bond acceptors (Lipinski definition) is 6. The third-order valence-electron chi connectivity index (χ3n) is 3.95. The van der Waals surface area contributed by atoms with Crippen LogP contribution in [-0.2, 0) is 4.79 Å². The van der Waals surface area contributed by atoms with E-state index in [0.29, 0.717) is 16.7 Å². The van der Waals surface area contributed by atoms with E-state index >= 15 is 0 Å². The Balaban J connectivity index is 0.000000161. The minimum atomic E-state index is -1.24. The van der Waals surface area contributed by atoms with Gasteiger partial charge < -0.3 is 19.4 Å². The molecule has 0 radical (unpaired) electrons. The Kier molecular flexibility index (Phi) is 5.21. The number of Topliss-reactive ketones (excluding diaryl/α,β-unsaturated/α-hetero) is 1. The molecule has 0 saturated carbocycles. The number of carbonyl (C=O) groups excluding carboxylic acids is 1. The average molecular weight is 382 g/mol. The van der Waals surface area contributed by atoms with Crippen molar-refractivity contribution in [3.63, 3.8) is 0 Å². The molecule has 0 fully saturated rings. The van der Waals surface area contributed by atoms with Gasteiger partial charge in [-0.3, -0.25) is 9.59 Å². The Hall–Kier alpha value is -3.94. The second-order valence-corrected chi connectivity index (χ2v) is 5.84. The van der Waals surface area contributed by atoms with E-state index in [1.807, 2.05) is 0 Å². The van der Waals surface area contributed by atoms with Gasteiger partial charge in [0.25, 0.3) is 0 Å². The molecular formula is C20H14O8. The summed E-state index contributed by atoms with van der Waals surface area (Å²) in [5.74, 6) is -2.51. The number of aliphatic carboxylic acids is 1. The Morgan fingerprint density at radius 2 is 1.64 bits per heavy atom. The van der Waals surface area contributed by atoms with Crippen LogP contribution in [0.2, 0.25) is 0 Å². The number of fused-ring (bicyclic) bond motifs is 2. The van der Waals surface area contributed by atoms with Crippen LogP contribution in [0.4, 0.5) is 0 Å². The van der Waals surface area contributed by atoms with Crippen molar-refractivity contribution in [2.75, 3.05) is 0 Å². The molecule has 8 heteroatoms. The number of ketones is 1. The largest absolute Gasteiger partial charge is 0.478 e. The van der Waals surface area contributed by atoms with Gasteiger partial charge in [-0.25, -0.2) is 9.59 Å². The van der Waals surface area contributed by atoms with Crippen LogP contribution in [0.1, 0.15) is 27.3 Å². The third kappa shape index (κ3) is 3.90. The summed E-state index contributed by atoms with van der Waals surface area (Å²) in [5.41, 5.74) is 0.409. The highest BCUT2D eigenvalue weighted by Crippen LogP contribution is 2.26. The van der Waals surface area contributed by atoms with E-state index in [1.165, 1.54) is 0 Å². The van der Waals surface area contributed by atoms with Crippen molar-refractivity contribution in [3.05, 3.63) is 76.1 Å². The molecule has 1 aliphatic rings. The molecule has 3 aromatic rings. The smallest absolute Gasteiger partial charge is 0.371 e. The summed E-state index contributed by atoms with van der Waals surface area (Å²) in [5, 5.41) is 17.7. The number of carboxylic acids is 2. The molecule has 8 nitrogen and oxygen atoms in total. The van der Waals surface area contributed by atoms with Crippen molar-refractivity contribution < 1.29 is 33.8 Å². The molecule has 1 atom stereocenters. The lowest BCUT2D eigenvalue weighted by molar-refractivity contribution is -0.145. The van der Waals surface area contributed by atoms with Gasteiger partial charge in [0, 0.05) is 6.07 Å². The van der Waals surface area contributed by atoms with E-state index in [1.54, 1.807) is 48.5 Å². The highest BCUT2D eigenvalue weighted by Gasteiger charge is 2.30. The van der Waals surface area contributed by atoms with E-state index in [2.05, 4.69) is 0 Å². The van der Waals surface area contributed by atoms with Crippen LogP contribution < -0.4 is 10.2 Å². The third-order valence-corrected chi connectivity index (χ3v) is 3.95. The van der Waals surface area contributed by atoms with Crippen molar-refractivity contribution in [3.8, 4) is 5.75 Å². The number of para-hydroxylation sites is 2. The zero-order valence-electron chi connectivity index (χ0n) is 14.3. The maximum Gasteiger partial charge on any atom is 0.371 e. The summed E-state index contributed by atoms with van der Waals surface area (Å²) in [7, 11) is 0. The Labute approximate surface area is 157 Å². The first kappa shape index (κ1) is 18.8. The normalized spacial score (nSPS) is 15.0. The number of rotatable bonds is 2. The lowest BCUT2D eigenvalue weighted by atomic mass is 10.0. The fourth-order valence-electron chi connectivity index (χ4n) is 2.62. The SMILES string of the molecule is O=C(O)c1cc(=O)c2ccccc2o1.O=C1C[C@@H](C(=O)O)Oc2ccccc21. The maximum absolute atomic E-state index is 11.5. The maximum atomic E-state index is 11.5. The second-order valence-electron chi connectivity index (χ2n) is 5.84. The summed E-state index contributed by atoms with van der Waals surface area (Å²) >= 11 is 0. The van der Waals surface area contributed by atoms with Crippen molar-refractivity contribution in [1.82, 2.24) is 0 Å². The zero-order valence-corrected chi connectivity index (χ0v) is 14.3. The average Bonchev–Trinajstić information content (AvgIpc) is 2.68. The van der Waals surface area contributed by atoms with Crippen LogP contribution >= 0.6 is 0 Å². The molecule has 28 heavy (non-hydrogen) atoms. The lowest BCUT2D eigenvalue weighted by Crippen LogP contribution is -2.33. The van der Waals surface area contributed by atoms with Gasteiger partial charge in [0.05, 0.1) is 17.4 Å². The van der Waals surface area contributed by atoms with Gasteiger partial charge >= 0.3 is 11.9 Å². The highest BCUT2D eigenvalue weighted by molar-refractivity contribution is 6.02. The molecule has 0 amide bonds. The van der Waals surface area contributed by atoms with Gasteiger partial charge in [0.1, 0.15) is 11.3 Å². The van der Waals surface area contributed by atoms with Crippen molar-refractivity contribution in [2.45, 2.75) is 12.5 Å². The monoisotopic (exact) mass is 382 g/mol.